The van der Waals surface area contributed by atoms with Crippen LogP contribution in [0.25, 0.3) is 11.0 Å². The maximum Gasteiger partial charge on any atom is 0.414 e. The van der Waals surface area contributed by atoms with Crippen molar-refractivity contribution in [2.24, 2.45) is 5.92 Å². The van der Waals surface area contributed by atoms with Crippen LogP contribution in [0.2, 0.25) is 0 Å². The van der Waals surface area contributed by atoms with Gasteiger partial charge in [0, 0.05) is 12.6 Å². The van der Waals surface area contributed by atoms with Gasteiger partial charge in [-0.25, -0.2) is 14.6 Å². The molecule has 5 rings (SSSR count). The number of nitrogens with one attached hydrogen (secondary N) is 1. The number of ether oxygens (including phenoxy) is 3. The SMILES string of the molecule is COc1ccc(NC(=O)CN2CCC(Cn3c(COc4ccccc4)nc4ccccc43)CC2)c(OC)c1.O=C(O)C(=O)O. The van der Waals surface area contributed by atoms with Crippen molar-refractivity contribution in [2.75, 3.05) is 39.2 Å². The molecule has 0 spiro atoms. The Labute approximate surface area is 254 Å². The number of piperidine rings is 1. The molecule has 12 nitrogen and oxygen atoms in total. The molecule has 3 N–H and O–H groups in total. The minimum atomic E-state index is -1.82. The zero-order chi connectivity index (χ0) is 31.5. The number of carboxylic acids is 2. The van der Waals surface area contributed by atoms with Gasteiger partial charge in [-0.15, -0.1) is 0 Å². The van der Waals surface area contributed by atoms with Crippen molar-refractivity contribution in [2.45, 2.75) is 26.0 Å². The monoisotopic (exact) mass is 604 g/mol. The fraction of sp³-hybridized carbons (Fsp3) is 0.312. The number of carboxylic acid groups (broad SMARTS) is 2. The lowest BCUT2D eigenvalue weighted by molar-refractivity contribution is -0.159. The number of hydrogen-bond donors (Lipinski definition) is 3. The Morgan fingerprint density at radius 3 is 2.23 bits per heavy atom. The first-order valence-corrected chi connectivity index (χ1v) is 14.1. The summed E-state index contributed by atoms with van der Waals surface area (Å²) < 4.78 is 19.0. The summed E-state index contributed by atoms with van der Waals surface area (Å²) in [5.74, 6) is -0.157. The Kier molecular flexibility index (Phi) is 11.1. The Hall–Kier alpha value is -5.10. The molecule has 1 aliphatic heterocycles. The lowest BCUT2D eigenvalue weighted by atomic mass is 9.96. The van der Waals surface area contributed by atoms with Gasteiger partial charge < -0.3 is 34.3 Å². The molecule has 1 aliphatic rings. The molecule has 232 valence electrons. The number of carbonyl (C=O) groups excluding carboxylic acids is 1. The van der Waals surface area contributed by atoms with Crippen LogP contribution >= 0.6 is 0 Å². The van der Waals surface area contributed by atoms with Crippen LogP contribution in [0.5, 0.6) is 17.2 Å². The highest BCUT2D eigenvalue weighted by atomic mass is 16.5. The Balaban J connectivity index is 0.000000670. The number of aliphatic carboxylic acids is 2. The van der Waals surface area contributed by atoms with Crippen LogP contribution in [0.1, 0.15) is 18.7 Å². The normalized spacial score (nSPS) is 13.4. The van der Waals surface area contributed by atoms with E-state index in [1.807, 2.05) is 42.5 Å². The first kappa shape index (κ1) is 31.8. The van der Waals surface area contributed by atoms with Crippen LogP contribution in [0.4, 0.5) is 5.69 Å². The topological polar surface area (TPSA) is 152 Å². The van der Waals surface area contributed by atoms with E-state index in [2.05, 4.69) is 33.0 Å². The second-order valence-corrected chi connectivity index (χ2v) is 10.2. The van der Waals surface area contributed by atoms with E-state index in [1.165, 1.54) is 0 Å². The molecule has 0 atom stereocenters. The molecule has 1 fully saturated rings. The van der Waals surface area contributed by atoms with E-state index >= 15 is 0 Å². The fourth-order valence-electron chi connectivity index (χ4n) is 4.98. The first-order chi connectivity index (χ1) is 21.3. The summed E-state index contributed by atoms with van der Waals surface area (Å²) in [6.45, 7) is 3.41. The minimum Gasteiger partial charge on any atom is -0.497 e. The Bertz CT molecular complexity index is 1550. The lowest BCUT2D eigenvalue weighted by Gasteiger charge is -2.32. The van der Waals surface area contributed by atoms with Gasteiger partial charge in [0.1, 0.15) is 29.7 Å². The highest BCUT2D eigenvalue weighted by Gasteiger charge is 2.23. The minimum absolute atomic E-state index is 0.0483. The van der Waals surface area contributed by atoms with E-state index in [9.17, 15) is 4.79 Å². The second-order valence-electron chi connectivity index (χ2n) is 10.2. The zero-order valence-electron chi connectivity index (χ0n) is 24.6. The van der Waals surface area contributed by atoms with Crippen molar-refractivity contribution in [1.82, 2.24) is 14.5 Å². The molecule has 0 radical (unpaired) electrons. The fourth-order valence-corrected chi connectivity index (χ4v) is 4.98. The third-order valence-corrected chi connectivity index (χ3v) is 7.23. The average molecular weight is 605 g/mol. The number of hydrogen-bond acceptors (Lipinski definition) is 8. The van der Waals surface area contributed by atoms with Crippen LogP contribution in [-0.2, 0) is 27.5 Å². The van der Waals surface area contributed by atoms with Crippen molar-refractivity contribution < 1.29 is 38.8 Å². The predicted octanol–water partition coefficient (Wildman–Crippen LogP) is 4.14. The number of anilines is 1. The van der Waals surface area contributed by atoms with E-state index < -0.39 is 11.9 Å². The summed E-state index contributed by atoms with van der Waals surface area (Å²) in [7, 11) is 3.18. The van der Waals surface area contributed by atoms with E-state index in [-0.39, 0.29) is 5.91 Å². The highest BCUT2D eigenvalue weighted by Crippen LogP contribution is 2.29. The molecule has 3 aromatic carbocycles. The number of para-hydroxylation sites is 3. The average Bonchev–Trinajstić information content (AvgIpc) is 3.38. The number of rotatable bonds is 10. The van der Waals surface area contributed by atoms with Crippen molar-refractivity contribution in [3.63, 3.8) is 0 Å². The summed E-state index contributed by atoms with van der Waals surface area (Å²) >= 11 is 0. The van der Waals surface area contributed by atoms with Gasteiger partial charge in [-0.2, -0.15) is 0 Å². The van der Waals surface area contributed by atoms with Gasteiger partial charge in [0.25, 0.3) is 0 Å². The number of imidazole rings is 1. The maximum atomic E-state index is 12.8. The Morgan fingerprint density at radius 1 is 0.886 bits per heavy atom. The number of benzene rings is 3. The van der Waals surface area contributed by atoms with E-state index in [4.69, 9.17) is 39.0 Å². The predicted molar refractivity (Wildman–Crippen MR) is 163 cm³/mol. The number of likely N-dealkylation sites (tertiary alicyclic amines) is 1. The molecule has 0 bridgehead atoms. The molecule has 1 saturated heterocycles. The summed E-state index contributed by atoms with van der Waals surface area (Å²) in [6.07, 6.45) is 2.04. The molecular formula is C32H36N4O8. The third-order valence-electron chi connectivity index (χ3n) is 7.23. The van der Waals surface area contributed by atoms with Gasteiger partial charge in [0.2, 0.25) is 5.91 Å². The molecule has 0 saturated carbocycles. The summed E-state index contributed by atoms with van der Waals surface area (Å²) in [5.41, 5.74) is 2.77. The second kappa shape index (κ2) is 15.4. The molecule has 44 heavy (non-hydrogen) atoms. The number of aromatic nitrogens is 2. The van der Waals surface area contributed by atoms with E-state index in [0.717, 1.165) is 55.1 Å². The highest BCUT2D eigenvalue weighted by molar-refractivity contribution is 6.27. The third kappa shape index (κ3) is 8.71. The smallest absolute Gasteiger partial charge is 0.414 e. The first-order valence-electron chi connectivity index (χ1n) is 14.1. The summed E-state index contributed by atoms with van der Waals surface area (Å²) in [6, 6.07) is 23.5. The van der Waals surface area contributed by atoms with Gasteiger partial charge in [-0.3, -0.25) is 9.69 Å². The van der Waals surface area contributed by atoms with Crippen molar-refractivity contribution in [3.05, 3.63) is 78.6 Å². The molecule has 4 aromatic rings. The summed E-state index contributed by atoms with van der Waals surface area (Å²) in [4.78, 5) is 38.0. The van der Waals surface area contributed by atoms with Crippen molar-refractivity contribution in [3.8, 4) is 17.2 Å². The molecule has 2 heterocycles. The van der Waals surface area contributed by atoms with Gasteiger partial charge in [-0.05, 0) is 68.2 Å². The Morgan fingerprint density at radius 2 is 1.57 bits per heavy atom. The molecule has 12 heteroatoms. The standard InChI is InChI=1S/C30H34N4O4.C2H2O4/c1-36-24-12-13-26(28(18-24)37-2)32-30(35)20-33-16-14-22(15-17-33)19-34-27-11-7-6-10-25(27)31-29(34)21-38-23-8-4-3-5-9-23;3-1(4)2(5)6/h3-13,18,22H,14-17,19-21H2,1-2H3,(H,32,35);(H,3,4)(H,5,6). The number of methoxy groups -OCH3 is 2. The van der Waals surface area contributed by atoms with Crippen LogP contribution in [0.3, 0.4) is 0 Å². The van der Waals surface area contributed by atoms with Crippen LogP contribution in [-0.4, -0.2) is 76.4 Å². The van der Waals surface area contributed by atoms with Gasteiger partial charge in [0.15, 0.2) is 0 Å². The number of fused-ring (bicyclic) bond motifs is 1. The van der Waals surface area contributed by atoms with Gasteiger partial charge >= 0.3 is 11.9 Å². The van der Waals surface area contributed by atoms with Gasteiger partial charge in [-0.1, -0.05) is 30.3 Å². The molecule has 1 amide bonds. The molecule has 0 aliphatic carbocycles. The zero-order valence-corrected chi connectivity index (χ0v) is 24.6. The number of carbonyl (C=O) groups is 3. The maximum absolute atomic E-state index is 12.8. The molecular weight excluding hydrogens is 568 g/mol. The van der Waals surface area contributed by atoms with Crippen LogP contribution in [0, 0.1) is 5.92 Å². The van der Waals surface area contributed by atoms with Crippen LogP contribution < -0.4 is 19.5 Å². The largest absolute Gasteiger partial charge is 0.497 e. The number of amides is 1. The van der Waals surface area contributed by atoms with E-state index in [1.54, 1.807) is 26.4 Å². The quantitative estimate of drug-likeness (QED) is 0.225. The lowest BCUT2D eigenvalue weighted by Crippen LogP contribution is -2.40. The van der Waals surface area contributed by atoms with E-state index in [0.29, 0.717) is 36.3 Å². The van der Waals surface area contributed by atoms with Gasteiger partial charge in [0.05, 0.1) is 37.5 Å². The molecule has 1 aromatic heterocycles. The van der Waals surface area contributed by atoms with Crippen molar-refractivity contribution >= 4 is 34.6 Å². The molecule has 0 unspecified atom stereocenters. The summed E-state index contributed by atoms with van der Waals surface area (Å²) in [5, 5.41) is 17.8. The van der Waals surface area contributed by atoms with Crippen molar-refractivity contribution in [1.29, 1.82) is 0 Å². The number of nitrogens with zero attached hydrogens (tertiary/aromatic N) is 3. The van der Waals surface area contributed by atoms with Crippen LogP contribution in [0.15, 0.2) is 72.8 Å².